The van der Waals surface area contributed by atoms with Gasteiger partial charge in [0.05, 0.1) is 6.61 Å². The summed E-state index contributed by atoms with van der Waals surface area (Å²) in [5.74, 6) is -1.02. The van der Waals surface area contributed by atoms with Gasteiger partial charge in [0.1, 0.15) is 6.29 Å². The van der Waals surface area contributed by atoms with Crippen molar-refractivity contribution in [1.29, 1.82) is 0 Å². The van der Waals surface area contributed by atoms with Crippen molar-refractivity contribution in [2.45, 2.75) is 26.2 Å². The fraction of sp³-hybridized carbons (Fsp3) is 0.375. The van der Waals surface area contributed by atoms with Crippen LogP contribution in [-0.4, -0.2) is 18.9 Å². The Morgan fingerprint density at radius 2 is 1.95 bits per heavy atom. The van der Waals surface area contributed by atoms with E-state index in [-0.39, 0.29) is 11.8 Å². The molecule has 0 radical (unpaired) electrons. The molecule has 2 atom stereocenters. The lowest BCUT2D eigenvalue weighted by Crippen LogP contribution is -2.21. The summed E-state index contributed by atoms with van der Waals surface area (Å²) in [5, 5.41) is 0. The number of carbonyl (C=O) groups is 2. The summed E-state index contributed by atoms with van der Waals surface area (Å²) >= 11 is 0. The molecule has 0 saturated heterocycles. The molecule has 1 aromatic carbocycles. The van der Waals surface area contributed by atoms with Crippen LogP contribution in [0.2, 0.25) is 0 Å². The number of carbonyl (C=O) groups excluding carboxylic acids is 2. The Labute approximate surface area is 114 Å². The van der Waals surface area contributed by atoms with Gasteiger partial charge in [0.15, 0.2) is 0 Å². The van der Waals surface area contributed by atoms with E-state index in [2.05, 4.69) is 6.58 Å². The maximum absolute atomic E-state index is 11.9. The predicted molar refractivity (Wildman–Crippen MR) is 74.8 cm³/mol. The standard InChI is InChI=1S/C16H20O3/c1-4-13(11-17)15(12(3)16(18)19-5-2)14-9-7-6-8-10-14/h6-11,13,15H,3-5H2,1-2H3/t13-,15-/m0/s1. The highest BCUT2D eigenvalue weighted by Crippen LogP contribution is 2.32. The van der Waals surface area contributed by atoms with Gasteiger partial charge in [-0.1, -0.05) is 43.8 Å². The van der Waals surface area contributed by atoms with Crippen LogP contribution in [0.3, 0.4) is 0 Å². The van der Waals surface area contributed by atoms with Crippen molar-refractivity contribution in [2.75, 3.05) is 6.61 Å². The van der Waals surface area contributed by atoms with E-state index in [0.29, 0.717) is 18.6 Å². The van der Waals surface area contributed by atoms with Crippen LogP contribution in [0.5, 0.6) is 0 Å². The Bertz CT molecular complexity index is 437. The van der Waals surface area contributed by atoms with Crippen LogP contribution in [0.15, 0.2) is 42.5 Å². The van der Waals surface area contributed by atoms with Gasteiger partial charge in [0, 0.05) is 17.4 Å². The molecule has 0 bridgehead atoms. The van der Waals surface area contributed by atoms with Crippen LogP contribution < -0.4 is 0 Å². The number of hydrogen-bond donors (Lipinski definition) is 0. The molecule has 0 heterocycles. The maximum Gasteiger partial charge on any atom is 0.334 e. The highest BCUT2D eigenvalue weighted by atomic mass is 16.5. The van der Waals surface area contributed by atoms with Gasteiger partial charge in [-0.15, -0.1) is 0 Å². The monoisotopic (exact) mass is 260 g/mol. The van der Waals surface area contributed by atoms with Gasteiger partial charge in [-0.3, -0.25) is 0 Å². The minimum Gasteiger partial charge on any atom is -0.463 e. The quantitative estimate of drug-likeness (QED) is 0.430. The van der Waals surface area contributed by atoms with Gasteiger partial charge >= 0.3 is 5.97 Å². The number of esters is 1. The number of benzene rings is 1. The Hall–Kier alpha value is -1.90. The van der Waals surface area contributed by atoms with Crippen LogP contribution in [0.4, 0.5) is 0 Å². The maximum atomic E-state index is 11.9. The van der Waals surface area contributed by atoms with Crippen LogP contribution in [0.1, 0.15) is 31.7 Å². The SMILES string of the molecule is C=C(C(=O)OCC)[C@H](c1ccccc1)[C@H](C=O)CC. The molecular weight excluding hydrogens is 240 g/mol. The molecule has 19 heavy (non-hydrogen) atoms. The molecule has 0 unspecified atom stereocenters. The van der Waals surface area contributed by atoms with Crippen molar-refractivity contribution < 1.29 is 14.3 Å². The second-order valence-corrected chi connectivity index (χ2v) is 4.34. The molecule has 0 aliphatic heterocycles. The minimum absolute atomic E-state index is 0.265. The highest BCUT2D eigenvalue weighted by Gasteiger charge is 2.28. The second kappa shape index (κ2) is 7.52. The van der Waals surface area contributed by atoms with E-state index < -0.39 is 5.97 Å². The molecule has 0 aromatic heterocycles. The third-order valence-corrected chi connectivity index (χ3v) is 3.15. The van der Waals surface area contributed by atoms with E-state index in [1.54, 1.807) is 6.92 Å². The Morgan fingerprint density at radius 3 is 2.42 bits per heavy atom. The molecule has 1 aromatic rings. The summed E-state index contributed by atoms with van der Waals surface area (Å²) in [6, 6.07) is 9.48. The molecule has 0 amide bonds. The topological polar surface area (TPSA) is 43.4 Å². The third-order valence-electron chi connectivity index (χ3n) is 3.15. The van der Waals surface area contributed by atoms with Gasteiger partial charge < -0.3 is 9.53 Å². The molecule has 0 aliphatic carbocycles. The average molecular weight is 260 g/mol. The molecule has 102 valence electrons. The Kier molecular flexibility index (Phi) is 6.00. The summed E-state index contributed by atoms with van der Waals surface area (Å²) in [7, 11) is 0. The second-order valence-electron chi connectivity index (χ2n) is 4.34. The average Bonchev–Trinajstić information content (AvgIpc) is 2.45. The van der Waals surface area contributed by atoms with Crippen molar-refractivity contribution in [3.8, 4) is 0 Å². The van der Waals surface area contributed by atoms with Crippen molar-refractivity contribution in [1.82, 2.24) is 0 Å². The van der Waals surface area contributed by atoms with Crippen molar-refractivity contribution in [3.05, 3.63) is 48.0 Å². The molecule has 1 rings (SSSR count). The van der Waals surface area contributed by atoms with Gasteiger partial charge in [0.2, 0.25) is 0 Å². The number of aldehydes is 1. The molecule has 0 fully saturated rings. The van der Waals surface area contributed by atoms with Crippen molar-refractivity contribution in [3.63, 3.8) is 0 Å². The van der Waals surface area contributed by atoms with E-state index in [9.17, 15) is 9.59 Å². The first-order valence-corrected chi connectivity index (χ1v) is 6.51. The Balaban J connectivity index is 3.09. The van der Waals surface area contributed by atoms with E-state index in [1.165, 1.54) is 0 Å². The van der Waals surface area contributed by atoms with Gasteiger partial charge in [-0.05, 0) is 18.9 Å². The lowest BCUT2D eigenvalue weighted by molar-refractivity contribution is -0.139. The summed E-state index contributed by atoms with van der Waals surface area (Å²) in [6.07, 6.45) is 1.55. The van der Waals surface area contributed by atoms with Crippen LogP contribution in [0.25, 0.3) is 0 Å². The first-order chi connectivity index (χ1) is 9.15. The molecular formula is C16H20O3. The van der Waals surface area contributed by atoms with Crippen LogP contribution in [0, 0.1) is 5.92 Å². The predicted octanol–water partition coefficient (Wildman–Crippen LogP) is 3.11. The van der Waals surface area contributed by atoms with Gasteiger partial charge in [0.25, 0.3) is 0 Å². The summed E-state index contributed by atoms with van der Waals surface area (Å²) < 4.78 is 4.99. The highest BCUT2D eigenvalue weighted by molar-refractivity contribution is 5.90. The van der Waals surface area contributed by atoms with E-state index in [0.717, 1.165) is 11.8 Å². The van der Waals surface area contributed by atoms with E-state index in [4.69, 9.17) is 4.74 Å². The fourth-order valence-electron chi connectivity index (χ4n) is 2.13. The van der Waals surface area contributed by atoms with Crippen LogP contribution >= 0.6 is 0 Å². The van der Waals surface area contributed by atoms with Crippen LogP contribution in [-0.2, 0) is 14.3 Å². The molecule has 0 N–H and O–H groups in total. The lowest BCUT2D eigenvalue weighted by atomic mass is 9.80. The first-order valence-electron chi connectivity index (χ1n) is 6.51. The number of rotatable bonds is 7. The molecule has 3 heteroatoms. The van der Waals surface area contributed by atoms with Gasteiger partial charge in [-0.2, -0.15) is 0 Å². The first kappa shape index (κ1) is 15.2. The third kappa shape index (κ3) is 3.78. The van der Waals surface area contributed by atoms with E-state index >= 15 is 0 Å². The summed E-state index contributed by atoms with van der Waals surface area (Å²) in [4.78, 5) is 23.1. The zero-order valence-corrected chi connectivity index (χ0v) is 11.5. The fourth-order valence-corrected chi connectivity index (χ4v) is 2.13. The minimum atomic E-state index is -0.434. The molecule has 0 saturated carbocycles. The summed E-state index contributed by atoms with van der Waals surface area (Å²) in [6.45, 7) is 7.81. The molecule has 0 aliphatic rings. The number of ether oxygens (including phenoxy) is 1. The van der Waals surface area contributed by atoms with Gasteiger partial charge in [-0.25, -0.2) is 4.79 Å². The molecule has 0 spiro atoms. The van der Waals surface area contributed by atoms with Crippen molar-refractivity contribution in [2.24, 2.45) is 5.92 Å². The van der Waals surface area contributed by atoms with E-state index in [1.807, 2.05) is 37.3 Å². The lowest BCUT2D eigenvalue weighted by Gasteiger charge is -2.23. The normalized spacial score (nSPS) is 13.4. The zero-order valence-electron chi connectivity index (χ0n) is 11.5. The zero-order chi connectivity index (χ0) is 14.3. The smallest absolute Gasteiger partial charge is 0.334 e. The summed E-state index contributed by atoms with van der Waals surface area (Å²) in [5.41, 5.74) is 1.26. The molecule has 3 nitrogen and oxygen atoms in total. The number of hydrogen-bond acceptors (Lipinski definition) is 3. The van der Waals surface area contributed by atoms with Crippen molar-refractivity contribution >= 4 is 12.3 Å². The largest absolute Gasteiger partial charge is 0.463 e. The Morgan fingerprint density at radius 1 is 1.32 bits per heavy atom.